The molecule has 0 spiro atoms. The maximum absolute atomic E-state index is 11.5. The van der Waals surface area contributed by atoms with Crippen molar-refractivity contribution in [3.05, 3.63) is 18.2 Å². The van der Waals surface area contributed by atoms with E-state index < -0.39 is 19.7 Å². The number of nitrogens with zero attached hydrogens (tertiary/aromatic N) is 2. The molecule has 0 aliphatic carbocycles. The topological polar surface area (TPSA) is 133 Å². The Balaban J connectivity index is 2.64. The number of nitrogens with two attached hydrogens (primary N) is 1. The van der Waals surface area contributed by atoms with Crippen LogP contribution in [0.3, 0.4) is 0 Å². The lowest BCUT2D eigenvalue weighted by molar-refractivity contribution is -0.127. The Bertz CT molecular complexity index is 401. The summed E-state index contributed by atoms with van der Waals surface area (Å²) in [7, 11) is -3.57. The molecule has 16 heavy (non-hydrogen) atoms. The average Bonchev–Trinajstić information content (AvgIpc) is 2.66. The Hall–Kier alpha value is -1.21. The van der Waals surface area contributed by atoms with Crippen LogP contribution in [0.25, 0.3) is 0 Å². The van der Waals surface area contributed by atoms with Crippen LogP contribution in [0.4, 0.5) is 0 Å². The van der Waals surface area contributed by atoms with Gasteiger partial charge in [0.2, 0.25) is 5.91 Å². The number of hydrogen-bond donors (Lipinski definition) is 4. The fourth-order valence-corrected chi connectivity index (χ4v) is 1.49. The molecule has 0 aliphatic heterocycles. The standard InChI is InChI=1S/C7H13N4O4P/c1-11(16(13,14)15)7(12)6(8)2-5-3-9-4-10-5/h3-4,6H,2,8H2,1H3,(H,9,10)(H2,13,14,15)/t6-/m0/s1. The van der Waals surface area contributed by atoms with Gasteiger partial charge in [-0.3, -0.25) is 9.46 Å². The molecule has 0 unspecified atom stereocenters. The zero-order valence-electron chi connectivity index (χ0n) is 8.57. The Morgan fingerprint density at radius 3 is 2.81 bits per heavy atom. The van der Waals surface area contributed by atoms with Gasteiger partial charge < -0.3 is 20.5 Å². The number of H-pyrrole nitrogens is 1. The molecule has 1 amide bonds. The predicted molar refractivity (Wildman–Crippen MR) is 55.1 cm³/mol. The van der Waals surface area contributed by atoms with E-state index in [1.165, 1.54) is 12.5 Å². The van der Waals surface area contributed by atoms with Gasteiger partial charge in [-0.2, -0.15) is 0 Å². The zero-order chi connectivity index (χ0) is 12.3. The number of imidazole rings is 1. The van der Waals surface area contributed by atoms with Crippen molar-refractivity contribution in [2.24, 2.45) is 5.73 Å². The maximum Gasteiger partial charge on any atom is 0.432 e. The molecule has 90 valence electrons. The number of rotatable bonds is 4. The van der Waals surface area contributed by atoms with E-state index in [2.05, 4.69) is 9.97 Å². The number of nitrogens with one attached hydrogen (secondary N) is 1. The van der Waals surface area contributed by atoms with Crippen molar-refractivity contribution in [2.45, 2.75) is 12.5 Å². The van der Waals surface area contributed by atoms with E-state index in [4.69, 9.17) is 15.5 Å². The van der Waals surface area contributed by atoms with Crippen molar-refractivity contribution in [3.8, 4) is 0 Å². The number of carbonyl (C=O) groups is 1. The van der Waals surface area contributed by atoms with Gasteiger partial charge in [-0.15, -0.1) is 0 Å². The molecule has 0 aromatic carbocycles. The van der Waals surface area contributed by atoms with Gasteiger partial charge in [-0.05, 0) is 0 Å². The first-order valence-electron chi connectivity index (χ1n) is 4.39. The zero-order valence-corrected chi connectivity index (χ0v) is 9.46. The van der Waals surface area contributed by atoms with Crippen LogP contribution in [0, 0.1) is 0 Å². The van der Waals surface area contributed by atoms with Crippen molar-refractivity contribution in [3.63, 3.8) is 0 Å². The molecule has 5 N–H and O–H groups in total. The lowest BCUT2D eigenvalue weighted by atomic mass is 10.2. The third-order valence-electron chi connectivity index (χ3n) is 2.02. The predicted octanol–water partition coefficient (Wildman–Crippen LogP) is -1.17. The van der Waals surface area contributed by atoms with Crippen molar-refractivity contribution in [1.82, 2.24) is 14.6 Å². The van der Waals surface area contributed by atoms with Crippen LogP contribution < -0.4 is 5.73 Å². The lowest BCUT2D eigenvalue weighted by Gasteiger charge is -2.21. The summed E-state index contributed by atoms with van der Waals surface area (Å²) in [6.45, 7) is 0. The molecule has 1 rings (SSSR count). The van der Waals surface area contributed by atoms with Crippen LogP contribution >= 0.6 is 7.75 Å². The van der Waals surface area contributed by atoms with Crippen LogP contribution in [-0.4, -0.2) is 43.4 Å². The van der Waals surface area contributed by atoms with E-state index in [9.17, 15) is 9.36 Å². The highest BCUT2D eigenvalue weighted by molar-refractivity contribution is 7.49. The van der Waals surface area contributed by atoms with E-state index in [-0.39, 0.29) is 6.42 Å². The van der Waals surface area contributed by atoms with E-state index >= 15 is 0 Å². The molecule has 0 radical (unpaired) electrons. The van der Waals surface area contributed by atoms with E-state index in [0.717, 1.165) is 7.05 Å². The van der Waals surface area contributed by atoms with Gasteiger partial charge in [0.15, 0.2) is 0 Å². The van der Waals surface area contributed by atoms with E-state index in [0.29, 0.717) is 10.4 Å². The minimum absolute atomic E-state index is 0.142. The Morgan fingerprint density at radius 2 is 2.38 bits per heavy atom. The fourth-order valence-electron chi connectivity index (χ4n) is 1.09. The molecule has 1 heterocycles. The van der Waals surface area contributed by atoms with Crippen LogP contribution in [0.1, 0.15) is 5.69 Å². The largest absolute Gasteiger partial charge is 0.432 e. The van der Waals surface area contributed by atoms with E-state index in [1.807, 2.05) is 0 Å². The van der Waals surface area contributed by atoms with Crippen molar-refractivity contribution >= 4 is 13.7 Å². The van der Waals surface area contributed by atoms with Gasteiger partial charge in [0, 0.05) is 25.4 Å². The van der Waals surface area contributed by atoms with Gasteiger partial charge in [0.25, 0.3) is 0 Å². The summed E-state index contributed by atoms with van der Waals surface area (Å²) >= 11 is 0. The highest BCUT2D eigenvalue weighted by atomic mass is 31.2. The molecule has 8 nitrogen and oxygen atoms in total. The van der Waals surface area contributed by atoms with Crippen molar-refractivity contribution in [2.75, 3.05) is 7.05 Å². The summed E-state index contributed by atoms with van der Waals surface area (Å²) in [4.78, 5) is 35.5. The van der Waals surface area contributed by atoms with Gasteiger partial charge in [0.1, 0.15) is 0 Å². The monoisotopic (exact) mass is 248 g/mol. The van der Waals surface area contributed by atoms with Crippen molar-refractivity contribution < 1.29 is 19.1 Å². The lowest BCUT2D eigenvalue weighted by Crippen LogP contribution is -2.41. The highest BCUT2D eigenvalue weighted by Crippen LogP contribution is 2.38. The smallest absolute Gasteiger partial charge is 0.348 e. The van der Waals surface area contributed by atoms with Gasteiger partial charge >= 0.3 is 7.75 Å². The summed E-state index contributed by atoms with van der Waals surface area (Å²) < 4.78 is 11.1. The minimum Gasteiger partial charge on any atom is -0.348 e. The first-order valence-corrected chi connectivity index (χ1v) is 5.95. The number of amides is 1. The normalized spacial score (nSPS) is 13.5. The number of likely N-dealkylation sites (N-methyl/N-ethyl adjacent to an activating group) is 1. The Labute approximate surface area is 91.7 Å². The first-order chi connectivity index (χ1) is 7.32. The molecule has 0 fully saturated rings. The molecule has 1 aromatic rings. The van der Waals surface area contributed by atoms with Gasteiger partial charge in [0.05, 0.1) is 12.4 Å². The second-order valence-electron chi connectivity index (χ2n) is 3.26. The number of aromatic nitrogens is 2. The van der Waals surface area contributed by atoms with Gasteiger partial charge in [-0.25, -0.2) is 9.55 Å². The Kier molecular flexibility index (Phi) is 3.82. The third-order valence-corrected chi connectivity index (χ3v) is 3.00. The number of aromatic amines is 1. The summed E-state index contributed by atoms with van der Waals surface area (Å²) in [6.07, 6.45) is 3.06. The number of carbonyl (C=O) groups excluding carboxylic acids is 1. The van der Waals surface area contributed by atoms with Gasteiger partial charge in [-0.1, -0.05) is 0 Å². The summed E-state index contributed by atoms with van der Waals surface area (Å²) in [5.41, 5.74) is 6.15. The molecule has 0 aliphatic rings. The molecule has 1 aromatic heterocycles. The summed E-state index contributed by atoms with van der Waals surface area (Å²) in [5.74, 6) is -0.817. The van der Waals surface area contributed by atoms with Crippen LogP contribution in [0.2, 0.25) is 0 Å². The molecule has 0 saturated carbocycles. The van der Waals surface area contributed by atoms with E-state index in [1.54, 1.807) is 0 Å². The second-order valence-corrected chi connectivity index (χ2v) is 4.89. The maximum atomic E-state index is 11.5. The molecular weight excluding hydrogens is 235 g/mol. The van der Waals surface area contributed by atoms with Crippen LogP contribution in [0.5, 0.6) is 0 Å². The quantitative estimate of drug-likeness (QED) is 0.496. The Morgan fingerprint density at radius 1 is 1.75 bits per heavy atom. The van der Waals surface area contributed by atoms with Crippen LogP contribution in [0.15, 0.2) is 12.5 Å². The third kappa shape index (κ3) is 3.14. The molecule has 1 atom stereocenters. The summed E-state index contributed by atoms with van der Waals surface area (Å²) in [5, 5.41) is 0. The second kappa shape index (κ2) is 4.75. The molecule has 0 saturated heterocycles. The first kappa shape index (κ1) is 12.9. The molecular formula is C7H13N4O4P. The average molecular weight is 248 g/mol. The van der Waals surface area contributed by atoms with Crippen LogP contribution in [-0.2, 0) is 15.8 Å². The number of hydrogen-bond acceptors (Lipinski definition) is 4. The highest BCUT2D eigenvalue weighted by Gasteiger charge is 2.30. The fraction of sp³-hybridized carbons (Fsp3) is 0.429. The minimum atomic E-state index is -4.58. The van der Waals surface area contributed by atoms with Crippen molar-refractivity contribution in [1.29, 1.82) is 0 Å². The summed E-state index contributed by atoms with van der Waals surface area (Å²) in [6, 6.07) is -1.02. The SMILES string of the molecule is CN(C(=O)[C@@H](N)Cc1cnc[nH]1)P(=O)(O)O. The molecule has 9 heteroatoms. The molecule has 0 bridgehead atoms.